The predicted molar refractivity (Wildman–Crippen MR) is 129 cm³/mol. The van der Waals surface area contributed by atoms with E-state index in [9.17, 15) is 18.0 Å². The molecule has 1 unspecified atom stereocenters. The van der Waals surface area contributed by atoms with E-state index in [0.717, 1.165) is 16.1 Å². The largest absolute Gasteiger partial charge is 0.497 e. The Kier molecular flexibility index (Phi) is 9.28. The highest BCUT2D eigenvalue weighted by molar-refractivity contribution is 7.92. The third-order valence-electron chi connectivity index (χ3n) is 5.07. The first-order chi connectivity index (χ1) is 15.5. The first-order valence-electron chi connectivity index (χ1n) is 10.8. The molecule has 0 aliphatic heterocycles. The predicted octanol–water partition coefficient (Wildman–Crippen LogP) is 2.65. The van der Waals surface area contributed by atoms with Crippen molar-refractivity contribution in [2.24, 2.45) is 5.92 Å². The van der Waals surface area contributed by atoms with E-state index in [1.165, 1.54) is 12.0 Å². The van der Waals surface area contributed by atoms with Crippen molar-refractivity contribution in [2.45, 2.75) is 33.4 Å². The summed E-state index contributed by atoms with van der Waals surface area (Å²) in [5, 5.41) is 2.85. The second-order valence-corrected chi connectivity index (χ2v) is 10.2. The minimum Gasteiger partial charge on any atom is -0.497 e. The number of sulfonamides is 1. The van der Waals surface area contributed by atoms with E-state index in [1.54, 1.807) is 31.2 Å². The average Bonchev–Trinajstić information content (AvgIpc) is 2.78. The number of ether oxygens (including phenoxy) is 1. The van der Waals surface area contributed by atoms with Gasteiger partial charge in [-0.1, -0.05) is 50.2 Å². The molecular formula is C24H33N3O5S. The number of nitrogens with one attached hydrogen (secondary N) is 1. The summed E-state index contributed by atoms with van der Waals surface area (Å²) in [7, 11) is -2.30. The molecule has 0 saturated heterocycles. The molecule has 2 amide bonds. The Balaban J connectivity index is 2.35. The van der Waals surface area contributed by atoms with Crippen molar-refractivity contribution in [3.63, 3.8) is 0 Å². The number of hydrogen-bond acceptors (Lipinski definition) is 5. The molecule has 0 aliphatic rings. The molecule has 33 heavy (non-hydrogen) atoms. The van der Waals surface area contributed by atoms with Gasteiger partial charge in [0, 0.05) is 19.2 Å². The Morgan fingerprint density at radius 2 is 1.70 bits per heavy atom. The zero-order valence-corrected chi connectivity index (χ0v) is 20.6. The van der Waals surface area contributed by atoms with E-state index in [0.29, 0.717) is 18.0 Å². The summed E-state index contributed by atoms with van der Waals surface area (Å²) >= 11 is 0. The fourth-order valence-corrected chi connectivity index (χ4v) is 4.04. The van der Waals surface area contributed by atoms with E-state index < -0.39 is 28.5 Å². The lowest BCUT2D eigenvalue weighted by Crippen LogP contribution is -2.51. The second kappa shape index (κ2) is 11.7. The van der Waals surface area contributed by atoms with Crippen LogP contribution in [0.25, 0.3) is 0 Å². The Labute approximate surface area is 196 Å². The normalized spacial score (nSPS) is 12.2. The number of hydrogen-bond donors (Lipinski definition) is 1. The molecule has 0 aromatic heterocycles. The van der Waals surface area contributed by atoms with Gasteiger partial charge in [0.05, 0.1) is 19.1 Å². The summed E-state index contributed by atoms with van der Waals surface area (Å²) < 4.78 is 31.3. The van der Waals surface area contributed by atoms with E-state index >= 15 is 0 Å². The molecule has 2 aromatic carbocycles. The molecular weight excluding hydrogens is 442 g/mol. The number of carbonyl (C=O) groups is 2. The first kappa shape index (κ1) is 26.2. The molecule has 2 aromatic rings. The van der Waals surface area contributed by atoms with Crippen molar-refractivity contribution in [1.29, 1.82) is 0 Å². The molecule has 0 bridgehead atoms. The average molecular weight is 476 g/mol. The monoisotopic (exact) mass is 475 g/mol. The summed E-state index contributed by atoms with van der Waals surface area (Å²) in [5.74, 6) is -0.0519. The molecule has 0 fully saturated rings. The highest BCUT2D eigenvalue weighted by Gasteiger charge is 2.30. The lowest BCUT2D eigenvalue weighted by molar-refractivity contribution is -0.139. The van der Waals surface area contributed by atoms with Crippen molar-refractivity contribution in [3.05, 3.63) is 60.2 Å². The standard InChI is InChI=1S/C24H33N3O5S/c1-18(2)15-25-24(29)19(3)26(16-20-10-7-6-8-11-20)23(28)17-27(33(5,30)31)21-12-9-13-22(14-21)32-4/h6-14,18-19H,15-17H2,1-5H3,(H,25,29). The quantitative estimate of drug-likeness (QED) is 0.539. The molecule has 180 valence electrons. The zero-order chi connectivity index (χ0) is 24.6. The molecule has 8 nitrogen and oxygen atoms in total. The van der Waals surface area contributed by atoms with Gasteiger partial charge in [-0.05, 0) is 30.5 Å². The van der Waals surface area contributed by atoms with Gasteiger partial charge in [-0.15, -0.1) is 0 Å². The Morgan fingerprint density at radius 3 is 2.27 bits per heavy atom. The van der Waals surface area contributed by atoms with Gasteiger partial charge >= 0.3 is 0 Å². The number of anilines is 1. The number of amides is 2. The van der Waals surface area contributed by atoms with Gasteiger partial charge in [0.15, 0.2) is 0 Å². The van der Waals surface area contributed by atoms with Crippen molar-refractivity contribution in [1.82, 2.24) is 10.2 Å². The SMILES string of the molecule is COc1cccc(N(CC(=O)N(Cc2ccccc2)C(C)C(=O)NCC(C)C)S(C)(=O)=O)c1. The van der Waals surface area contributed by atoms with Crippen molar-refractivity contribution < 1.29 is 22.7 Å². The Hall–Kier alpha value is -3.07. The van der Waals surface area contributed by atoms with Gasteiger partial charge in [0.1, 0.15) is 18.3 Å². The Bertz CT molecular complexity index is 1040. The van der Waals surface area contributed by atoms with Crippen LogP contribution in [-0.2, 0) is 26.2 Å². The van der Waals surface area contributed by atoms with Gasteiger partial charge in [-0.2, -0.15) is 0 Å². The van der Waals surface area contributed by atoms with Crippen LogP contribution >= 0.6 is 0 Å². The summed E-state index contributed by atoms with van der Waals surface area (Å²) in [6, 6.07) is 15.0. The highest BCUT2D eigenvalue weighted by Crippen LogP contribution is 2.23. The van der Waals surface area contributed by atoms with E-state index in [4.69, 9.17) is 4.74 Å². The highest BCUT2D eigenvalue weighted by atomic mass is 32.2. The van der Waals surface area contributed by atoms with Crippen molar-refractivity contribution in [2.75, 3.05) is 30.8 Å². The van der Waals surface area contributed by atoms with Crippen LogP contribution in [0.5, 0.6) is 5.75 Å². The van der Waals surface area contributed by atoms with Gasteiger partial charge < -0.3 is 15.0 Å². The fourth-order valence-electron chi connectivity index (χ4n) is 3.19. The molecule has 2 rings (SSSR count). The van der Waals surface area contributed by atoms with Crippen molar-refractivity contribution in [3.8, 4) is 5.75 Å². The van der Waals surface area contributed by atoms with Crippen molar-refractivity contribution >= 4 is 27.5 Å². The van der Waals surface area contributed by atoms with Crippen LogP contribution in [0.4, 0.5) is 5.69 Å². The van der Waals surface area contributed by atoms with E-state index in [2.05, 4.69) is 5.32 Å². The Morgan fingerprint density at radius 1 is 1.03 bits per heavy atom. The molecule has 1 N–H and O–H groups in total. The van der Waals surface area contributed by atoms with Crippen LogP contribution in [0.2, 0.25) is 0 Å². The number of carbonyl (C=O) groups excluding carboxylic acids is 2. The second-order valence-electron chi connectivity index (χ2n) is 8.29. The maximum absolute atomic E-state index is 13.4. The lowest BCUT2D eigenvalue weighted by Gasteiger charge is -2.31. The lowest BCUT2D eigenvalue weighted by atomic mass is 10.1. The number of methoxy groups -OCH3 is 1. The molecule has 0 saturated carbocycles. The van der Waals surface area contributed by atoms with Gasteiger partial charge in [0.25, 0.3) is 0 Å². The molecule has 0 heterocycles. The minimum atomic E-state index is -3.78. The summed E-state index contributed by atoms with van der Waals surface area (Å²) in [6.07, 6.45) is 1.04. The van der Waals surface area contributed by atoms with Crippen LogP contribution in [-0.4, -0.2) is 57.6 Å². The van der Waals surface area contributed by atoms with E-state index in [1.807, 2.05) is 44.2 Å². The third-order valence-corrected chi connectivity index (χ3v) is 6.21. The van der Waals surface area contributed by atoms with Gasteiger partial charge in [-0.25, -0.2) is 8.42 Å². The van der Waals surface area contributed by atoms with Gasteiger partial charge in [-0.3, -0.25) is 13.9 Å². The molecule has 1 atom stereocenters. The van der Waals surface area contributed by atoms with Gasteiger partial charge in [0.2, 0.25) is 21.8 Å². The summed E-state index contributed by atoms with van der Waals surface area (Å²) in [5.41, 5.74) is 1.14. The van der Waals surface area contributed by atoms with Crippen LogP contribution in [0, 0.1) is 5.92 Å². The molecule has 0 spiro atoms. The summed E-state index contributed by atoms with van der Waals surface area (Å²) in [4.78, 5) is 27.6. The smallest absolute Gasteiger partial charge is 0.244 e. The number of rotatable bonds is 11. The van der Waals surface area contributed by atoms with Crippen LogP contribution < -0.4 is 14.4 Å². The number of benzene rings is 2. The van der Waals surface area contributed by atoms with Crippen LogP contribution in [0.1, 0.15) is 26.3 Å². The zero-order valence-electron chi connectivity index (χ0n) is 19.8. The topological polar surface area (TPSA) is 96.0 Å². The maximum Gasteiger partial charge on any atom is 0.244 e. The summed E-state index contributed by atoms with van der Waals surface area (Å²) in [6.45, 7) is 5.82. The van der Waals surface area contributed by atoms with Crippen LogP contribution in [0.3, 0.4) is 0 Å². The van der Waals surface area contributed by atoms with E-state index in [-0.39, 0.29) is 18.4 Å². The maximum atomic E-state index is 13.4. The third kappa shape index (κ3) is 7.78. The first-order valence-corrected chi connectivity index (χ1v) is 12.6. The fraction of sp³-hybridized carbons (Fsp3) is 0.417. The number of nitrogens with zero attached hydrogens (tertiary/aromatic N) is 2. The minimum absolute atomic E-state index is 0.172. The molecule has 0 aliphatic carbocycles. The molecule has 9 heteroatoms. The molecule has 0 radical (unpaired) electrons. The van der Waals surface area contributed by atoms with Crippen LogP contribution in [0.15, 0.2) is 54.6 Å².